The van der Waals surface area contributed by atoms with Crippen molar-refractivity contribution in [3.63, 3.8) is 0 Å². The molecular formula is C13H22N4O. The Morgan fingerprint density at radius 3 is 2.89 bits per heavy atom. The number of amides is 1. The van der Waals surface area contributed by atoms with Crippen LogP contribution >= 0.6 is 0 Å². The molecule has 100 valence electrons. The third-order valence-corrected chi connectivity index (χ3v) is 3.83. The number of hydrogen-bond donors (Lipinski definition) is 1. The second-order valence-electron chi connectivity index (χ2n) is 5.30. The first-order valence-electron chi connectivity index (χ1n) is 6.80. The zero-order valence-electron chi connectivity index (χ0n) is 11.4. The third-order valence-electron chi connectivity index (χ3n) is 3.83. The van der Waals surface area contributed by atoms with Crippen molar-refractivity contribution < 1.29 is 4.79 Å². The minimum absolute atomic E-state index is 0.0648. The van der Waals surface area contributed by atoms with Crippen molar-refractivity contribution in [2.24, 2.45) is 5.92 Å². The number of aromatic amines is 1. The van der Waals surface area contributed by atoms with Gasteiger partial charge in [0, 0.05) is 19.5 Å². The molecule has 0 bridgehead atoms. The number of rotatable bonds is 3. The molecule has 1 saturated carbocycles. The molecule has 2 rings (SSSR count). The summed E-state index contributed by atoms with van der Waals surface area (Å²) >= 11 is 0. The van der Waals surface area contributed by atoms with Crippen LogP contribution < -0.4 is 0 Å². The van der Waals surface area contributed by atoms with Crippen LogP contribution in [0.5, 0.6) is 0 Å². The van der Waals surface area contributed by atoms with E-state index in [1.165, 1.54) is 12.8 Å². The van der Waals surface area contributed by atoms with Crippen molar-refractivity contribution in [3.05, 3.63) is 11.6 Å². The van der Waals surface area contributed by atoms with Crippen molar-refractivity contribution in [2.75, 3.05) is 7.05 Å². The van der Waals surface area contributed by atoms with E-state index in [-0.39, 0.29) is 5.91 Å². The summed E-state index contributed by atoms with van der Waals surface area (Å²) in [6.45, 7) is 4.24. The summed E-state index contributed by atoms with van der Waals surface area (Å²) in [5, 5.41) is 6.79. The number of aryl methyl sites for hydroxylation is 1. The molecule has 2 atom stereocenters. The Bertz CT molecular complexity index is 415. The molecule has 1 aromatic heterocycles. The second-order valence-corrected chi connectivity index (χ2v) is 5.30. The van der Waals surface area contributed by atoms with Gasteiger partial charge in [0.1, 0.15) is 5.82 Å². The van der Waals surface area contributed by atoms with Crippen molar-refractivity contribution in [3.8, 4) is 0 Å². The van der Waals surface area contributed by atoms with Crippen LogP contribution in [0.1, 0.15) is 56.0 Å². The molecule has 2 unspecified atom stereocenters. The Morgan fingerprint density at radius 1 is 1.50 bits per heavy atom. The fraction of sp³-hybridized carbons (Fsp3) is 0.769. The lowest BCUT2D eigenvalue weighted by atomic mass is 9.86. The molecule has 0 saturated heterocycles. The maximum atomic E-state index is 12.3. The number of H-pyrrole nitrogens is 1. The maximum absolute atomic E-state index is 12.3. The van der Waals surface area contributed by atoms with Crippen molar-refractivity contribution >= 4 is 5.91 Å². The SMILES string of the molecule is CCc1nc(C(=O)N(C)C2CCCC(C)C2)n[nH]1. The van der Waals surface area contributed by atoms with Gasteiger partial charge in [0.05, 0.1) is 0 Å². The molecule has 5 nitrogen and oxygen atoms in total. The first kappa shape index (κ1) is 13.1. The van der Waals surface area contributed by atoms with Crippen LogP contribution in [-0.2, 0) is 6.42 Å². The highest BCUT2D eigenvalue weighted by molar-refractivity contribution is 5.90. The first-order chi connectivity index (χ1) is 8.61. The van der Waals surface area contributed by atoms with Crippen LogP contribution in [0.2, 0.25) is 0 Å². The van der Waals surface area contributed by atoms with Crippen LogP contribution in [0.15, 0.2) is 0 Å². The molecule has 1 heterocycles. The smallest absolute Gasteiger partial charge is 0.293 e. The first-order valence-corrected chi connectivity index (χ1v) is 6.80. The number of carbonyl (C=O) groups excluding carboxylic acids is 1. The molecule has 1 N–H and O–H groups in total. The van der Waals surface area contributed by atoms with Gasteiger partial charge in [-0.1, -0.05) is 26.7 Å². The molecule has 0 radical (unpaired) electrons. The van der Waals surface area contributed by atoms with Gasteiger partial charge in [-0.2, -0.15) is 0 Å². The van der Waals surface area contributed by atoms with Gasteiger partial charge in [-0.25, -0.2) is 4.98 Å². The van der Waals surface area contributed by atoms with Crippen molar-refractivity contribution in [1.82, 2.24) is 20.1 Å². The molecule has 18 heavy (non-hydrogen) atoms. The maximum Gasteiger partial charge on any atom is 0.293 e. The summed E-state index contributed by atoms with van der Waals surface area (Å²) in [4.78, 5) is 18.3. The van der Waals surface area contributed by atoms with E-state index < -0.39 is 0 Å². The molecule has 0 aromatic carbocycles. The zero-order chi connectivity index (χ0) is 13.1. The summed E-state index contributed by atoms with van der Waals surface area (Å²) < 4.78 is 0. The predicted octanol–water partition coefficient (Wildman–Crippen LogP) is 2.02. The van der Waals surface area contributed by atoms with Gasteiger partial charge in [-0.05, 0) is 18.8 Å². The summed E-state index contributed by atoms with van der Waals surface area (Å²) in [6.07, 6.45) is 5.44. The quantitative estimate of drug-likeness (QED) is 0.892. The Morgan fingerprint density at radius 2 is 2.28 bits per heavy atom. The highest BCUT2D eigenvalue weighted by Crippen LogP contribution is 2.27. The monoisotopic (exact) mass is 250 g/mol. The Hall–Kier alpha value is -1.39. The van der Waals surface area contributed by atoms with Gasteiger partial charge < -0.3 is 4.90 Å². The van der Waals surface area contributed by atoms with Crippen LogP contribution in [0.25, 0.3) is 0 Å². The van der Waals surface area contributed by atoms with Crippen LogP contribution in [0.4, 0.5) is 0 Å². The summed E-state index contributed by atoms with van der Waals surface area (Å²) in [7, 11) is 1.87. The van der Waals surface area contributed by atoms with E-state index in [0.29, 0.717) is 17.8 Å². The van der Waals surface area contributed by atoms with E-state index in [4.69, 9.17) is 0 Å². The van der Waals surface area contributed by atoms with E-state index >= 15 is 0 Å². The van der Waals surface area contributed by atoms with E-state index in [2.05, 4.69) is 22.1 Å². The minimum Gasteiger partial charge on any atom is -0.336 e. The number of carbonyl (C=O) groups is 1. The lowest BCUT2D eigenvalue weighted by Gasteiger charge is -2.33. The topological polar surface area (TPSA) is 61.9 Å². The molecular weight excluding hydrogens is 228 g/mol. The number of hydrogen-bond acceptors (Lipinski definition) is 3. The lowest BCUT2D eigenvalue weighted by molar-refractivity contribution is 0.0660. The fourth-order valence-corrected chi connectivity index (χ4v) is 2.63. The highest BCUT2D eigenvalue weighted by atomic mass is 16.2. The summed E-state index contributed by atoms with van der Waals surface area (Å²) in [5.74, 6) is 1.71. The van der Waals surface area contributed by atoms with Crippen LogP contribution in [0.3, 0.4) is 0 Å². The molecule has 1 fully saturated rings. The molecule has 1 aliphatic rings. The van der Waals surface area contributed by atoms with Crippen molar-refractivity contribution in [2.45, 2.75) is 52.0 Å². The molecule has 0 spiro atoms. The van der Waals surface area contributed by atoms with Gasteiger partial charge in [0.2, 0.25) is 5.82 Å². The second kappa shape index (κ2) is 5.50. The van der Waals surface area contributed by atoms with E-state index in [1.54, 1.807) is 0 Å². The fourth-order valence-electron chi connectivity index (χ4n) is 2.63. The Balaban J connectivity index is 2.03. The van der Waals surface area contributed by atoms with E-state index in [9.17, 15) is 4.79 Å². The normalized spacial score (nSPS) is 23.9. The minimum atomic E-state index is -0.0648. The molecule has 1 aromatic rings. The van der Waals surface area contributed by atoms with Gasteiger partial charge in [-0.3, -0.25) is 9.89 Å². The average Bonchev–Trinajstić information content (AvgIpc) is 2.85. The summed E-state index contributed by atoms with van der Waals surface area (Å²) in [6, 6.07) is 0.338. The third kappa shape index (κ3) is 2.71. The van der Waals surface area contributed by atoms with Crippen LogP contribution in [0, 0.1) is 5.92 Å². The molecule has 1 amide bonds. The van der Waals surface area contributed by atoms with E-state index in [0.717, 1.165) is 25.1 Å². The Labute approximate surface area is 108 Å². The number of nitrogens with zero attached hydrogens (tertiary/aromatic N) is 3. The van der Waals surface area contributed by atoms with E-state index in [1.807, 2.05) is 18.9 Å². The largest absolute Gasteiger partial charge is 0.336 e. The van der Waals surface area contributed by atoms with Gasteiger partial charge in [0.15, 0.2) is 0 Å². The van der Waals surface area contributed by atoms with Gasteiger partial charge in [0.25, 0.3) is 5.91 Å². The Kier molecular flexibility index (Phi) is 3.99. The molecule has 1 aliphatic carbocycles. The number of aromatic nitrogens is 3. The highest BCUT2D eigenvalue weighted by Gasteiger charge is 2.27. The molecule has 0 aliphatic heterocycles. The predicted molar refractivity (Wildman–Crippen MR) is 69.3 cm³/mol. The van der Waals surface area contributed by atoms with Gasteiger partial charge in [-0.15, -0.1) is 5.10 Å². The standard InChI is InChI=1S/C13H22N4O/c1-4-11-14-12(16-15-11)13(18)17(3)10-7-5-6-9(2)8-10/h9-10H,4-8H2,1-3H3,(H,14,15,16). The average molecular weight is 250 g/mol. The molecule has 5 heteroatoms. The summed E-state index contributed by atoms with van der Waals surface area (Å²) in [5.41, 5.74) is 0. The van der Waals surface area contributed by atoms with Gasteiger partial charge >= 0.3 is 0 Å². The van der Waals surface area contributed by atoms with Crippen LogP contribution in [-0.4, -0.2) is 39.1 Å². The lowest BCUT2D eigenvalue weighted by Crippen LogP contribution is -2.40. The van der Waals surface area contributed by atoms with Crippen molar-refractivity contribution in [1.29, 1.82) is 0 Å². The zero-order valence-corrected chi connectivity index (χ0v) is 11.4. The number of nitrogens with one attached hydrogen (secondary N) is 1.